The first-order chi connectivity index (χ1) is 7.59. The van der Waals surface area contributed by atoms with E-state index in [-0.39, 0.29) is 24.0 Å². The van der Waals surface area contributed by atoms with Crippen molar-refractivity contribution in [3.8, 4) is 0 Å². The van der Waals surface area contributed by atoms with Gasteiger partial charge in [0.25, 0.3) is 0 Å². The van der Waals surface area contributed by atoms with Crippen LogP contribution in [0.3, 0.4) is 0 Å². The quantitative estimate of drug-likeness (QED) is 0.470. The number of nitrogens with one attached hydrogen (secondary N) is 1. The van der Waals surface area contributed by atoms with Gasteiger partial charge in [-0.3, -0.25) is 4.99 Å². The van der Waals surface area contributed by atoms with Gasteiger partial charge in [-0.1, -0.05) is 6.92 Å². The van der Waals surface area contributed by atoms with E-state index in [1.807, 2.05) is 0 Å². The summed E-state index contributed by atoms with van der Waals surface area (Å²) in [4.78, 5) is 7.04. The van der Waals surface area contributed by atoms with Crippen LogP contribution < -0.4 is 5.32 Å². The second kappa shape index (κ2) is 8.45. The van der Waals surface area contributed by atoms with E-state index in [0.29, 0.717) is 4.75 Å². The Morgan fingerprint density at radius 1 is 1.41 bits per heavy atom. The zero-order chi connectivity index (χ0) is 12.0. The van der Waals surface area contributed by atoms with Crippen LogP contribution >= 0.6 is 35.7 Å². The number of halogens is 1. The van der Waals surface area contributed by atoms with Crippen molar-refractivity contribution in [1.29, 1.82) is 0 Å². The molecule has 0 unspecified atom stereocenters. The van der Waals surface area contributed by atoms with E-state index < -0.39 is 0 Å². The third kappa shape index (κ3) is 6.18. The topological polar surface area (TPSA) is 27.6 Å². The number of thioether (sulfide) groups is 1. The first kappa shape index (κ1) is 17.4. The maximum atomic E-state index is 4.64. The van der Waals surface area contributed by atoms with Crippen molar-refractivity contribution in [2.24, 2.45) is 4.99 Å². The molecule has 0 aromatic heterocycles. The van der Waals surface area contributed by atoms with E-state index in [9.17, 15) is 0 Å². The SMILES string of the molecule is CCCN=C(NCC)N1CCSC(C)(C)C1.I. The van der Waals surface area contributed by atoms with Gasteiger partial charge in [0.2, 0.25) is 0 Å². The summed E-state index contributed by atoms with van der Waals surface area (Å²) >= 11 is 2.06. The van der Waals surface area contributed by atoms with Gasteiger partial charge in [0, 0.05) is 36.7 Å². The van der Waals surface area contributed by atoms with Crippen LogP contribution in [0.2, 0.25) is 0 Å². The molecule has 0 aliphatic carbocycles. The second-order valence-corrected chi connectivity index (χ2v) is 6.57. The Kier molecular flexibility index (Phi) is 8.63. The van der Waals surface area contributed by atoms with Crippen molar-refractivity contribution in [2.75, 3.05) is 31.9 Å². The smallest absolute Gasteiger partial charge is 0.193 e. The Morgan fingerprint density at radius 2 is 2.12 bits per heavy atom. The molecule has 1 saturated heterocycles. The summed E-state index contributed by atoms with van der Waals surface area (Å²) in [5.41, 5.74) is 0. The van der Waals surface area contributed by atoms with Crippen molar-refractivity contribution >= 4 is 41.7 Å². The summed E-state index contributed by atoms with van der Waals surface area (Å²) < 4.78 is 0.348. The number of hydrogen-bond acceptors (Lipinski definition) is 2. The summed E-state index contributed by atoms with van der Waals surface area (Å²) in [7, 11) is 0. The summed E-state index contributed by atoms with van der Waals surface area (Å²) in [6, 6.07) is 0. The number of aliphatic imine (C=N–C) groups is 1. The van der Waals surface area contributed by atoms with Crippen molar-refractivity contribution in [3.05, 3.63) is 0 Å². The molecule has 102 valence electrons. The number of guanidine groups is 1. The van der Waals surface area contributed by atoms with Crippen LogP contribution in [-0.4, -0.2) is 47.5 Å². The molecule has 0 aromatic carbocycles. The van der Waals surface area contributed by atoms with Gasteiger partial charge in [-0.2, -0.15) is 11.8 Å². The van der Waals surface area contributed by atoms with Crippen molar-refractivity contribution in [3.63, 3.8) is 0 Å². The highest BCUT2D eigenvalue weighted by molar-refractivity contribution is 14.0. The summed E-state index contributed by atoms with van der Waals surface area (Å²) in [5, 5.41) is 3.39. The molecule has 1 aliphatic heterocycles. The molecule has 3 nitrogen and oxygen atoms in total. The van der Waals surface area contributed by atoms with Crippen molar-refractivity contribution in [2.45, 2.75) is 38.9 Å². The maximum Gasteiger partial charge on any atom is 0.193 e. The minimum Gasteiger partial charge on any atom is -0.357 e. The first-order valence-electron chi connectivity index (χ1n) is 6.26. The molecule has 0 spiro atoms. The number of rotatable bonds is 3. The predicted octanol–water partition coefficient (Wildman–Crippen LogP) is 2.81. The standard InChI is InChI=1S/C12H25N3S.HI/c1-5-7-14-11(13-6-2)15-8-9-16-12(3,4)10-15;/h5-10H2,1-4H3,(H,13,14);1H. The van der Waals surface area contributed by atoms with Crippen LogP contribution in [0.15, 0.2) is 4.99 Å². The molecule has 0 radical (unpaired) electrons. The highest BCUT2D eigenvalue weighted by Crippen LogP contribution is 2.29. The van der Waals surface area contributed by atoms with Crippen LogP contribution in [0.25, 0.3) is 0 Å². The van der Waals surface area contributed by atoms with E-state index in [2.05, 4.69) is 54.7 Å². The highest BCUT2D eigenvalue weighted by Gasteiger charge is 2.28. The van der Waals surface area contributed by atoms with Crippen LogP contribution in [-0.2, 0) is 0 Å². The zero-order valence-corrected chi connectivity index (χ0v) is 14.6. The maximum absolute atomic E-state index is 4.64. The summed E-state index contributed by atoms with van der Waals surface area (Å²) in [6.45, 7) is 13.0. The number of hydrogen-bond donors (Lipinski definition) is 1. The molecule has 1 aliphatic rings. The Labute approximate surface area is 127 Å². The normalized spacial score (nSPS) is 19.8. The Hall–Kier alpha value is 0.350. The Morgan fingerprint density at radius 3 is 2.65 bits per heavy atom. The third-order valence-electron chi connectivity index (χ3n) is 2.55. The Balaban J connectivity index is 0.00000256. The lowest BCUT2D eigenvalue weighted by Crippen LogP contribution is -2.51. The fourth-order valence-electron chi connectivity index (χ4n) is 1.84. The van der Waals surface area contributed by atoms with Gasteiger partial charge in [0.1, 0.15) is 0 Å². The molecule has 1 N–H and O–H groups in total. The molecule has 17 heavy (non-hydrogen) atoms. The Bertz CT molecular complexity index is 244. The molecule has 0 saturated carbocycles. The van der Waals surface area contributed by atoms with Gasteiger partial charge >= 0.3 is 0 Å². The van der Waals surface area contributed by atoms with Crippen LogP contribution in [0.4, 0.5) is 0 Å². The minimum absolute atomic E-state index is 0. The predicted molar refractivity (Wildman–Crippen MR) is 89.8 cm³/mol. The molecule has 5 heteroatoms. The average molecular weight is 371 g/mol. The molecular formula is C12H26IN3S. The molecule has 1 rings (SSSR count). The molecule has 1 heterocycles. The fourth-order valence-corrected chi connectivity index (χ4v) is 2.95. The van der Waals surface area contributed by atoms with Crippen LogP contribution in [0.5, 0.6) is 0 Å². The average Bonchev–Trinajstić information content (AvgIpc) is 2.22. The lowest BCUT2D eigenvalue weighted by molar-refractivity contribution is 0.376. The van der Waals surface area contributed by atoms with Gasteiger partial charge in [-0.15, -0.1) is 24.0 Å². The van der Waals surface area contributed by atoms with Crippen molar-refractivity contribution < 1.29 is 0 Å². The van der Waals surface area contributed by atoms with Gasteiger partial charge in [-0.25, -0.2) is 0 Å². The first-order valence-corrected chi connectivity index (χ1v) is 7.25. The van der Waals surface area contributed by atoms with E-state index in [4.69, 9.17) is 0 Å². The third-order valence-corrected chi connectivity index (χ3v) is 3.84. The van der Waals surface area contributed by atoms with E-state index >= 15 is 0 Å². The van der Waals surface area contributed by atoms with Crippen LogP contribution in [0, 0.1) is 0 Å². The monoisotopic (exact) mass is 371 g/mol. The molecular weight excluding hydrogens is 345 g/mol. The van der Waals surface area contributed by atoms with E-state index in [1.165, 1.54) is 5.75 Å². The fraction of sp³-hybridized carbons (Fsp3) is 0.917. The zero-order valence-electron chi connectivity index (χ0n) is 11.5. The van der Waals surface area contributed by atoms with Gasteiger partial charge < -0.3 is 10.2 Å². The second-order valence-electron chi connectivity index (χ2n) is 4.77. The summed E-state index contributed by atoms with van der Waals surface area (Å²) in [6.07, 6.45) is 1.11. The number of nitrogens with zero attached hydrogens (tertiary/aromatic N) is 2. The molecule has 0 aromatic rings. The van der Waals surface area contributed by atoms with Gasteiger partial charge in [-0.05, 0) is 27.2 Å². The molecule has 0 atom stereocenters. The lowest BCUT2D eigenvalue weighted by Gasteiger charge is -2.39. The van der Waals surface area contributed by atoms with Crippen LogP contribution in [0.1, 0.15) is 34.1 Å². The van der Waals surface area contributed by atoms with E-state index in [1.54, 1.807) is 0 Å². The molecule has 0 amide bonds. The highest BCUT2D eigenvalue weighted by atomic mass is 127. The largest absolute Gasteiger partial charge is 0.357 e. The van der Waals surface area contributed by atoms with Gasteiger partial charge in [0.05, 0.1) is 0 Å². The van der Waals surface area contributed by atoms with Gasteiger partial charge in [0.15, 0.2) is 5.96 Å². The summed E-state index contributed by atoms with van der Waals surface area (Å²) in [5.74, 6) is 2.29. The molecule has 1 fully saturated rings. The minimum atomic E-state index is 0. The molecule has 0 bridgehead atoms. The lowest BCUT2D eigenvalue weighted by atomic mass is 10.2. The van der Waals surface area contributed by atoms with E-state index in [0.717, 1.165) is 38.6 Å². The van der Waals surface area contributed by atoms with Crippen molar-refractivity contribution in [1.82, 2.24) is 10.2 Å².